The molecule has 0 bridgehead atoms. The van der Waals surface area contributed by atoms with E-state index in [-0.39, 0.29) is 0 Å². The van der Waals surface area contributed by atoms with Crippen molar-refractivity contribution >= 4 is 0 Å². The lowest BCUT2D eigenvalue weighted by Gasteiger charge is -2.24. The summed E-state index contributed by atoms with van der Waals surface area (Å²) < 4.78 is 5.55. The maximum Gasteiger partial charge on any atom is 0.122 e. The SMILES string of the molecule is OC1(CCc2ccc3c(c2)CCO3)CCc2ccccc21. The number of aryl methyl sites for hydroxylation is 2. The third-order valence-electron chi connectivity index (χ3n) is 4.91. The second-order valence-electron chi connectivity index (χ2n) is 6.23. The predicted molar refractivity (Wildman–Crippen MR) is 82.6 cm³/mol. The summed E-state index contributed by atoms with van der Waals surface area (Å²) in [6.07, 6.45) is 4.56. The molecule has 2 aliphatic rings. The molecule has 0 saturated heterocycles. The Morgan fingerprint density at radius 2 is 1.95 bits per heavy atom. The topological polar surface area (TPSA) is 29.5 Å². The molecule has 21 heavy (non-hydrogen) atoms. The molecule has 0 radical (unpaired) electrons. The minimum atomic E-state index is -0.647. The molecule has 1 unspecified atom stereocenters. The number of benzene rings is 2. The highest BCUT2D eigenvalue weighted by Crippen LogP contribution is 2.40. The molecule has 0 spiro atoms. The van der Waals surface area contributed by atoms with E-state index in [9.17, 15) is 5.11 Å². The number of fused-ring (bicyclic) bond motifs is 2. The highest BCUT2D eigenvalue weighted by atomic mass is 16.5. The van der Waals surface area contributed by atoms with Crippen LogP contribution in [-0.2, 0) is 24.9 Å². The van der Waals surface area contributed by atoms with E-state index in [2.05, 4.69) is 36.4 Å². The average molecular weight is 280 g/mol. The van der Waals surface area contributed by atoms with Crippen molar-refractivity contribution in [1.82, 2.24) is 0 Å². The number of aliphatic hydroxyl groups is 1. The van der Waals surface area contributed by atoms with E-state index < -0.39 is 5.60 Å². The number of ether oxygens (including phenoxy) is 1. The van der Waals surface area contributed by atoms with E-state index in [1.807, 2.05) is 6.07 Å². The van der Waals surface area contributed by atoms with Crippen LogP contribution in [0, 0.1) is 0 Å². The van der Waals surface area contributed by atoms with Gasteiger partial charge in [0.2, 0.25) is 0 Å². The fraction of sp³-hybridized carbons (Fsp3) is 0.368. The van der Waals surface area contributed by atoms with E-state index in [0.717, 1.165) is 50.0 Å². The minimum absolute atomic E-state index is 0.647. The Balaban J connectivity index is 1.52. The summed E-state index contributed by atoms with van der Waals surface area (Å²) in [5, 5.41) is 11.0. The quantitative estimate of drug-likeness (QED) is 0.934. The maximum absolute atomic E-state index is 11.0. The summed E-state index contributed by atoms with van der Waals surface area (Å²) in [6, 6.07) is 14.8. The highest BCUT2D eigenvalue weighted by Gasteiger charge is 2.35. The van der Waals surface area contributed by atoms with Crippen LogP contribution in [0.3, 0.4) is 0 Å². The van der Waals surface area contributed by atoms with Gasteiger partial charge in [-0.05, 0) is 54.0 Å². The predicted octanol–water partition coefficient (Wildman–Crippen LogP) is 3.39. The standard InChI is InChI=1S/C19H20O2/c20-19(11-8-15-3-1-2-4-17(15)19)10-7-14-5-6-18-16(13-14)9-12-21-18/h1-6,13,20H,7-12H2. The highest BCUT2D eigenvalue weighted by molar-refractivity contribution is 5.41. The van der Waals surface area contributed by atoms with Crippen LogP contribution < -0.4 is 4.74 Å². The zero-order valence-corrected chi connectivity index (χ0v) is 12.1. The van der Waals surface area contributed by atoms with Crippen LogP contribution in [0.15, 0.2) is 42.5 Å². The van der Waals surface area contributed by atoms with Gasteiger partial charge in [-0.3, -0.25) is 0 Å². The van der Waals surface area contributed by atoms with Gasteiger partial charge >= 0.3 is 0 Å². The first kappa shape index (κ1) is 12.9. The molecule has 1 aliphatic carbocycles. The number of rotatable bonds is 3. The monoisotopic (exact) mass is 280 g/mol. The molecule has 1 heterocycles. The van der Waals surface area contributed by atoms with Gasteiger partial charge in [0, 0.05) is 6.42 Å². The molecule has 0 saturated carbocycles. The fourth-order valence-electron chi connectivity index (χ4n) is 3.67. The van der Waals surface area contributed by atoms with E-state index in [1.54, 1.807) is 0 Å². The second-order valence-corrected chi connectivity index (χ2v) is 6.23. The summed E-state index contributed by atoms with van der Waals surface area (Å²) in [4.78, 5) is 0. The molecular weight excluding hydrogens is 260 g/mol. The van der Waals surface area contributed by atoms with Crippen molar-refractivity contribution in [3.63, 3.8) is 0 Å². The molecule has 1 N–H and O–H groups in total. The first-order chi connectivity index (χ1) is 10.2. The molecule has 0 fully saturated rings. The van der Waals surface area contributed by atoms with Crippen LogP contribution in [-0.4, -0.2) is 11.7 Å². The summed E-state index contributed by atoms with van der Waals surface area (Å²) in [7, 11) is 0. The van der Waals surface area contributed by atoms with Crippen LogP contribution in [0.4, 0.5) is 0 Å². The van der Waals surface area contributed by atoms with Gasteiger partial charge in [-0.15, -0.1) is 0 Å². The van der Waals surface area contributed by atoms with E-state index in [4.69, 9.17) is 4.74 Å². The first-order valence-electron chi connectivity index (χ1n) is 7.80. The molecule has 4 rings (SSSR count). The molecular formula is C19H20O2. The molecule has 1 aliphatic heterocycles. The first-order valence-corrected chi connectivity index (χ1v) is 7.80. The van der Waals surface area contributed by atoms with Crippen LogP contribution in [0.1, 0.15) is 35.1 Å². The largest absolute Gasteiger partial charge is 0.493 e. The van der Waals surface area contributed by atoms with Gasteiger partial charge < -0.3 is 9.84 Å². The smallest absolute Gasteiger partial charge is 0.122 e. The lowest BCUT2D eigenvalue weighted by atomic mass is 9.89. The zero-order valence-electron chi connectivity index (χ0n) is 12.1. The van der Waals surface area contributed by atoms with Gasteiger partial charge in [0.25, 0.3) is 0 Å². The molecule has 2 aromatic carbocycles. The van der Waals surface area contributed by atoms with Crippen molar-refractivity contribution in [1.29, 1.82) is 0 Å². The normalized spacial score (nSPS) is 22.7. The van der Waals surface area contributed by atoms with Crippen LogP contribution >= 0.6 is 0 Å². The number of hydrogen-bond donors (Lipinski definition) is 1. The molecule has 0 amide bonds. The molecule has 0 aromatic heterocycles. The lowest BCUT2D eigenvalue weighted by molar-refractivity contribution is 0.0297. The third kappa shape index (κ3) is 2.24. The summed E-state index contributed by atoms with van der Waals surface area (Å²) in [5.41, 5.74) is 4.41. The van der Waals surface area contributed by atoms with Gasteiger partial charge in [0.05, 0.1) is 12.2 Å². The van der Waals surface area contributed by atoms with Gasteiger partial charge in [-0.2, -0.15) is 0 Å². The third-order valence-corrected chi connectivity index (χ3v) is 4.91. The average Bonchev–Trinajstić information content (AvgIpc) is 3.11. The van der Waals surface area contributed by atoms with Crippen LogP contribution in [0.2, 0.25) is 0 Å². The molecule has 2 aromatic rings. The van der Waals surface area contributed by atoms with Crippen molar-refractivity contribution in [2.75, 3.05) is 6.61 Å². The van der Waals surface area contributed by atoms with Gasteiger partial charge in [-0.1, -0.05) is 36.4 Å². The van der Waals surface area contributed by atoms with E-state index in [1.165, 1.54) is 16.7 Å². The van der Waals surface area contributed by atoms with Gasteiger partial charge in [0.1, 0.15) is 5.75 Å². The van der Waals surface area contributed by atoms with Crippen molar-refractivity contribution < 1.29 is 9.84 Å². The van der Waals surface area contributed by atoms with E-state index >= 15 is 0 Å². The van der Waals surface area contributed by atoms with Crippen molar-refractivity contribution in [2.24, 2.45) is 0 Å². The maximum atomic E-state index is 11.0. The Kier molecular flexibility index (Phi) is 3.00. The zero-order chi connectivity index (χ0) is 14.3. The Morgan fingerprint density at radius 3 is 2.90 bits per heavy atom. The minimum Gasteiger partial charge on any atom is -0.493 e. The van der Waals surface area contributed by atoms with Crippen molar-refractivity contribution in [2.45, 2.75) is 37.7 Å². The fourth-order valence-corrected chi connectivity index (χ4v) is 3.67. The molecule has 1 atom stereocenters. The Morgan fingerprint density at radius 1 is 1.05 bits per heavy atom. The molecule has 108 valence electrons. The summed E-state index contributed by atoms with van der Waals surface area (Å²) in [6.45, 7) is 0.802. The number of hydrogen-bond acceptors (Lipinski definition) is 2. The van der Waals surface area contributed by atoms with Gasteiger partial charge in [-0.25, -0.2) is 0 Å². The van der Waals surface area contributed by atoms with Gasteiger partial charge in [0.15, 0.2) is 0 Å². The lowest BCUT2D eigenvalue weighted by Crippen LogP contribution is -2.23. The van der Waals surface area contributed by atoms with E-state index in [0.29, 0.717) is 0 Å². The van der Waals surface area contributed by atoms with Crippen molar-refractivity contribution in [3.8, 4) is 5.75 Å². The Bertz CT molecular complexity index is 677. The van der Waals surface area contributed by atoms with Crippen molar-refractivity contribution in [3.05, 3.63) is 64.7 Å². The molecule has 2 heteroatoms. The summed E-state index contributed by atoms with van der Waals surface area (Å²) in [5.74, 6) is 1.03. The second kappa shape index (κ2) is 4.88. The molecule has 2 nitrogen and oxygen atoms in total. The van der Waals surface area contributed by atoms with Crippen LogP contribution in [0.25, 0.3) is 0 Å². The Hall–Kier alpha value is -1.80. The summed E-state index contributed by atoms with van der Waals surface area (Å²) >= 11 is 0. The van der Waals surface area contributed by atoms with Crippen LogP contribution in [0.5, 0.6) is 5.75 Å². The Labute approximate surface area is 125 Å².